The molecule has 8 heteroatoms. The van der Waals surface area contributed by atoms with Crippen molar-refractivity contribution in [3.05, 3.63) is 48.0 Å². The Morgan fingerprint density at radius 3 is 2.59 bits per heavy atom. The molecule has 0 radical (unpaired) electrons. The van der Waals surface area contributed by atoms with Crippen molar-refractivity contribution in [3.8, 4) is 11.5 Å². The lowest BCUT2D eigenvalue weighted by Gasteiger charge is -2.17. The first-order chi connectivity index (χ1) is 12.9. The van der Waals surface area contributed by atoms with Crippen LogP contribution in [0.2, 0.25) is 0 Å². The maximum absolute atomic E-state index is 12.9. The summed E-state index contributed by atoms with van der Waals surface area (Å²) in [6, 6.07) is 12.0. The number of carbonyl (C=O) groups is 1. The SMILES string of the molecule is CC(=O)Nc1ccc(S(=O)(=O)N2CCC(c3ccc4c(c3)OCO4)C2)cc1. The second-order valence-electron chi connectivity index (χ2n) is 6.67. The van der Waals surface area contributed by atoms with E-state index >= 15 is 0 Å². The number of hydrogen-bond acceptors (Lipinski definition) is 5. The largest absolute Gasteiger partial charge is 0.454 e. The van der Waals surface area contributed by atoms with Crippen LogP contribution in [-0.2, 0) is 14.8 Å². The molecule has 1 atom stereocenters. The second kappa shape index (κ2) is 6.86. The van der Waals surface area contributed by atoms with Crippen molar-refractivity contribution in [2.75, 3.05) is 25.2 Å². The van der Waals surface area contributed by atoms with Crippen molar-refractivity contribution in [3.63, 3.8) is 0 Å². The van der Waals surface area contributed by atoms with Gasteiger partial charge >= 0.3 is 0 Å². The third-order valence-corrected chi connectivity index (χ3v) is 6.71. The molecule has 2 heterocycles. The van der Waals surface area contributed by atoms with Crippen LogP contribution in [0.15, 0.2) is 47.4 Å². The first-order valence-electron chi connectivity index (χ1n) is 8.71. The van der Waals surface area contributed by atoms with Gasteiger partial charge < -0.3 is 14.8 Å². The van der Waals surface area contributed by atoms with E-state index in [4.69, 9.17) is 9.47 Å². The Morgan fingerprint density at radius 2 is 1.85 bits per heavy atom. The number of ether oxygens (including phenoxy) is 2. The summed E-state index contributed by atoms with van der Waals surface area (Å²) in [5, 5.41) is 2.63. The number of benzene rings is 2. The zero-order valence-electron chi connectivity index (χ0n) is 14.8. The fourth-order valence-corrected chi connectivity index (χ4v) is 4.95. The summed E-state index contributed by atoms with van der Waals surface area (Å²) < 4.78 is 38.1. The van der Waals surface area contributed by atoms with E-state index in [-0.39, 0.29) is 23.5 Å². The minimum Gasteiger partial charge on any atom is -0.454 e. The van der Waals surface area contributed by atoms with Crippen molar-refractivity contribution in [2.45, 2.75) is 24.2 Å². The van der Waals surface area contributed by atoms with Crippen LogP contribution in [0.4, 0.5) is 5.69 Å². The molecule has 27 heavy (non-hydrogen) atoms. The third kappa shape index (κ3) is 3.50. The molecule has 142 valence electrons. The first kappa shape index (κ1) is 17.8. The van der Waals surface area contributed by atoms with Gasteiger partial charge in [-0.05, 0) is 54.3 Å². The normalized spacial score (nSPS) is 19.2. The number of nitrogens with zero attached hydrogens (tertiary/aromatic N) is 1. The minimum absolute atomic E-state index is 0.118. The molecule has 0 aliphatic carbocycles. The Kier molecular flexibility index (Phi) is 4.53. The summed E-state index contributed by atoms with van der Waals surface area (Å²) in [6.07, 6.45) is 0.753. The van der Waals surface area contributed by atoms with Crippen LogP contribution in [0, 0.1) is 0 Å². The molecule has 2 aliphatic rings. The van der Waals surface area contributed by atoms with Crippen molar-refractivity contribution in [1.82, 2.24) is 4.31 Å². The lowest BCUT2D eigenvalue weighted by molar-refractivity contribution is -0.114. The molecule has 0 saturated carbocycles. The topological polar surface area (TPSA) is 84.9 Å². The standard InChI is InChI=1S/C19H20N2O5S/c1-13(22)20-16-3-5-17(6-4-16)27(23,24)21-9-8-15(11-21)14-2-7-18-19(10-14)26-12-25-18/h2-7,10,15H,8-9,11-12H2,1H3,(H,20,22). The lowest BCUT2D eigenvalue weighted by Crippen LogP contribution is -2.28. The van der Waals surface area contributed by atoms with E-state index in [9.17, 15) is 13.2 Å². The van der Waals surface area contributed by atoms with Gasteiger partial charge in [0.15, 0.2) is 11.5 Å². The van der Waals surface area contributed by atoms with Crippen LogP contribution in [0.1, 0.15) is 24.8 Å². The fourth-order valence-electron chi connectivity index (χ4n) is 3.45. The molecular weight excluding hydrogens is 368 g/mol. The highest BCUT2D eigenvalue weighted by Gasteiger charge is 2.33. The average Bonchev–Trinajstić information content (AvgIpc) is 3.30. The first-order valence-corrected chi connectivity index (χ1v) is 10.1. The molecule has 0 spiro atoms. The summed E-state index contributed by atoms with van der Waals surface area (Å²) in [7, 11) is -3.57. The van der Waals surface area contributed by atoms with Crippen LogP contribution in [0.25, 0.3) is 0 Å². The minimum atomic E-state index is -3.57. The highest BCUT2D eigenvalue weighted by molar-refractivity contribution is 7.89. The van der Waals surface area contributed by atoms with Crippen molar-refractivity contribution in [1.29, 1.82) is 0 Å². The number of carbonyl (C=O) groups excluding carboxylic acids is 1. The summed E-state index contributed by atoms with van der Waals surface area (Å²) in [5.41, 5.74) is 1.62. The molecule has 0 bridgehead atoms. The van der Waals surface area contributed by atoms with Gasteiger partial charge in [-0.3, -0.25) is 4.79 Å². The Bertz CT molecular complexity index is 972. The Labute approximate surface area is 157 Å². The van der Waals surface area contributed by atoms with E-state index in [0.29, 0.717) is 24.5 Å². The van der Waals surface area contributed by atoms with Gasteiger partial charge in [0.2, 0.25) is 22.7 Å². The number of anilines is 1. The molecule has 1 saturated heterocycles. The predicted molar refractivity (Wildman–Crippen MR) is 99.4 cm³/mol. The quantitative estimate of drug-likeness (QED) is 0.870. The van der Waals surface area contributed by atoms with Crippen molar-refractivity contribution in [2.24, 2.45) is 0 Å². The number of rotatable bonds is 4. The van der Waals surface area contributed by atoms with E-state index in [2.05, 4.69) is 5.32 Å². The molecule has 7 nitrogen and oxygen atoms in total. The number of hydrogen-bond donors (Lipinski definition) is 1. The maximum Gasteiger partial charge on any atom is 0.243 e. The molecular formula is C19H20N2O5S. The van der Waals surface area contributed by atoms with Gasteiger partial charge in [0.05, 0.1) is 4.90 Å². The van der Waals surface area contributed by atoms with Gasteiger partial charge in [0.1, 0.15) is 0 Å². The molecule has 1 fully saturated rings. The van der Waals surface area contributed by atoms with E-state index < -0.39 is 10.0 Å². The molecule has 2 aliphatic heterocycles. The summed E-state index contributed by atoms with van der Waals surface area (Å²) in [4.78, 5) is 11.3. The van der Waals surface area contributed by atoms with Gasteiger partial charge in [-0.1, -0.05) is 6.07 Å². The van der Waals surface area contributed by atoms with E-state index in [1.807, 2.05) is 18.2 Å². The average molecular weight is 388 g/mol. The highest BCUT2D eigenvalue weighted by atomic mass is 32.2. The molecule has 4 rings (SSSR count). The molecule has 1 N–H and O–H groups in total. The summed E-state index contributed by atoms with van der Waals surface area (Å²) in [5.74, 6) is 1.35. The van der Waals surface area contributed by atoms with Gasteiger partial charge in [0, 0.05) is 25.7 Å². The van der Waals surface area contributed by atoms with E-state index in [1.165, 1.54) is 23.4 Å². The van der Waals surface area contributed by atoms with Gasteiger partial charge in [-0.2, -0.15) is 4.31 Å². The molecule has 1 unspecified atom stereocenters. The van der Waals surface area contributed by atoms with E-state index in [1.54, 1.807) is 12.1 Å². The number of sulfonamides is 1. The van der Waals surface area contributed by atoms with Gasteiger partial charge in [0.25, 0.3) is 0 Å². The zero-order valence-corrected chi connectivity index (χ0v) is 15.7. The van der Waals surface area contributed by atoms with E-state index in [0.717, 1.165) is 17.7 Å². The van der Waals surface area contributed by atoms with Crippen molar-refractivity contribution >= 4 is 21.6 Å². The Balaban J connectivity index is 1.49. The summed E-state index contributed by atoms with van der Waals surface area (Å²) >= 11 is 0. The Morgan fingerprint density at radius 1 is 1.11 bits per heavy atom. The smallest absolute Gasteiger partial charge is 0.243 e. The molecule has 2 aromatic carbocycles. The summed E-state index contributed by atoms with van der Waals surface area (Å²) in [6.45, 7) is 2.52. The molecule has 0 aromatic heterocycles. The van der Waals surface area contributed by atoms with Crippen LogP contribution in [0.5, 0.6) is 11.5 Å². The molecule has 1 amide bonds. The predicted octanol–water partition coefficient (Wildman–Crippen LogP) is 2.55. The van der Waals surface area contributed by atoms with Crippen LogP contribution >= 0.6 is 0 Å². The lowest BCUT2D eigenvalue weighted by atomic mass is 9.98. The number of nitrogens with one attached hydrogen (secondary N) is 1. The fraction of sp³-hybridized carbons (Fsp3) is 0.316. The molecule has 2 aromatic rings. The second-order valence-corrected chi connectivity index (χ2v) is 8.60. The third-order valence-electron chi connectivity index (χ3n) is 4.83. The Hall–Kier alpha value is -2.58. The maximum atomic E-state index is 12.9. The van der Waals surface area contributed by atoms with Crippen LogP contribution < -0.4 is 14.8 Å². The monoisotopic (exact) mass is 388 g/mol. The van der Waals surface area contributed by atoms with Crippen molar-refractivity contribution < 1.29 is 22.7 Å². The number of amides is 1. The highest BCUT2D eigenvalue weighted by Crippen LogP contribution is 2.38. The number of fused-ring (bicyclic) bond motifs is 1. The van der Waals surface area contributed by atoms with Gasteiger partial charge in [-0.15, -0.1) is 0 Å². The van der Waals surface area contributed by atoms with Gasteiger partial charge in [-0.25, -0.2) is 8.42 Å². The van der Waals surface area contributed by atoms with Crippen LogP contribution in [-0.4, -0.2) is 38.5 Å². The zero-order chi connectivity index (χ0) is 19.0. The van der Waals surface area contributed by atoms with Crippen LogP contribution in [0.3, 0.4) is 0 Å².